The maximum atomic E-state index is 4.34. The highest BCUT2D eigenvalue weighted by Gasteiger charge is 2.36. The van der Waals surface area contributed by atoms with Gasteiger partial charge in [0, 0.05) is 0 Å². The third-order valence-electron chi connectivity index (χ3n) is 6.53. The molecule has 122 valence electrons. The standard InChI is InChI=1S/C21H38/c1-8-12-19-15-20(19)17(5)14-11-13-16(4)18(6)21(7,9-2)10-3/h8,12,16,18-20H,5,9-11,13-15H2,1-4,6-7H3. The molecule has 0 radical (unpaired) electrons. The average molecular weight is 291 g/mol. The van der Waals surface area contributed by atoms with Crippen LogP contribution in [-0.2, 0) is 0 Å². The van der Waals surface area contributed by atoms with Crippen LogP contribution in [0.3, 0.4) is 0 Å². The Bertz CT molecular complexity index is 345. The zero-order valence-corrected chi connectivity index (χ0v) is 15.4. The molecule has 1 aliphatic carbocycles. The van der Waals surface area contributed by atoms with Crippen LogP contribution >= 0.6 is 0 Å². The lowest BCUT2D eigenvalue weighted by molar-refractivity contribution is 0.124. The summed E-state index contributed by atoms with van der Waals surface area (Å²) in [6, 6.07) is 0. The number of hydrogen-bond donors (Lipinski definition) is 0. The fourth-order valence-corrected chi connectivity index (χ4v) is 3.81. The van der Waals surface area contributed by atoms with Gasteiger partial charge in [0.15, 0.2) is 0 Å². The van der Waals surface area contributed by atoms with Crippen molar-refractivity contribution in [1.82, 2.24) is 0 Å². The van der Waals surface area contributed by atoms with E-state index in [1.165, 1.54) is 44.1 Å². The van der Waals surface area contributed by atoms with Crippen LogP contribution in [0.1, 0.15) is 80.1 Å². The first-order valence-electron chi connectivity index (χ1n) is 9.20. The molecule has 1 fully saturated rings. The van der Waals surface area contributed by atoms with Crippen molar-refractivity contribution in [3.63, 3.8) is 0 Å². The average Bonchev–Trinajstić information content (AvgIpc) is 3.25. The van der Waals surface area contributed by atoms with Gasteiger partial charge in [-0.2, -0.15) is 0 Å². The summed E-state index contributed by atoms with van der Waals surface area (Å²) >= 11 is 0. The number of allylic oxidation sites excluding steroid dienone is 3. The summed E-state index contributed by atoms with van der Waals surface area (Å²) in [4.78, 5) is 0. The fourth-order valence-electron chi connectivity index (χ4n) is 3.81. The monoisotopic (exact) mass is 290 g/mol. The summed E-state index contributed by atoms with van der Waals surface area (Å²) < 4.78 is 0. The minimum Gasteiger partial charge on any atom is -0.0996 e. The van der Waals surface area contributed by atoms with Crippen LogP contribution in [0.15, 0.2) is 24.3 Å². The maximum absolute atomic E-state index is 4.34. The van der Waals surface area contributed by atoms with E-state index in [0.717, 1.165) is 23.7 Å². The van der Waals surface area contributed by atoms with Crippen molar-refractivity contribution in [2.45, 2.75) is 80.1 Å². The molecule has 0 N–H and O–H groups in total. The lowest BCUT2D eigenvalue weighted by Gasteiger charge is -2.38. The smallest absolute Gasteiger partial charge is 0.0137 e. The Morgan fingerprint density at radius 1 is 1.29 bits per heavy atom. The second kappa shape index (κ2) is 8.20. The Morgan fingerprint density at radius 2 is 1.90 bits per heavy atom. The van der Waals surface area contributed by atoms with Crippen molar-refractivity contribution in [1.29, 1.82) is 0 Å². The molecule has 0 aromatic carbocycles. The van der Waals surface area contributed by atoms with Crippen LogP contribution in [0.4, 0.5) is 0 Å². The van der Waals surface area contributed by atoms with Gasteiger partial charge in [-0.1, -0.05) is 78.2 Å². The Labute approximate surface area is 134 Å². The topological polar surface area (TPSA) is 0 Å². The van der Waals surface area contributed by atoms with Gasteiger partial charge in [0.1, 0.15) is 0 Å². The van der Waals surface area contributed by atoms with Crippen LogP contribution in [0.25, 0.3) is 0 Å². The molecule has 0 saturated heterocycles. The van der Waals surface area contributed by atoms with Gasteiger partial charge in [-0.25, -0.2) is 0 Å². The van der Waals surface area contributed by atoms with E-state index < -0.39 is 0 Å². The summed E-state index contributed by atoms with van der Waals surface area (Å²) in [7, 11) is 0. The molecule has 1 rings (SSSR count). The largest absolute Gasteiger partial charge is 0.0996 e. The van der Waals surface area contributed by atoms with Gasteiger partial charge in [0.2, 0.25) is 0 Å². The summed E-state index contributed by atoms with van der Waals surface area (Å²) in [6.45, 7) is 18.6. The fraction of sp³-hybridized carbons (Fsp3) is 0.810. The van der Waals surface area contributed by atoms with E-state index in [1.54, 1.807) is 0 Å². The summed E-state index contributed by atoms with van der Waals surface area (Å²) in [5, 5.41) is 0. The Balaban J connectivity index is 2.30. The molecule has 0 bridgehead atoms. The lowest BCUT2D eigenvalue weighted by Crippen LogP contribution is -2.28. The van der Waals surface area contributed by atoms with E-state index in [4.69, 9.17) is 0 Å². The maximum Gasteiger partial charge on any atom is -0.0137 e. The van der Waals surface area contributed by atoms with Crippen LogP contribution in [0, 0.1) is 29.1 Å². The molecular formula is C21H38. The molecule has 0 aliphatic heterocycles. The molecule has 0 nitrogen and oxygen atoms in total. The Morgan fingerprint density at radius 3 is 2.43 bits per heavy atom. The minimum absolute atomic E-state index is 0.518. The van der Waals surface area contributed by atoms with Gasteiger partial charge in [-0.15, -0.1) is 0 Å². The van der Waals surface area contributed by atoms with Crippen molar-refractivity contribution in [3.8, 4) is 0 Å². The van der Waals surface area contributed by atoms with Gasteiger partial charge in [0.05, 0.1) is 0 Å². The molecule has 4 unspecified atom stereocenters. The van der Waals surface area contributed by atoms with Gasteiger partial charge in [0.25, 0.3) is 0 Å². The molecule has 0 aromatic rings. The van der Waals surface area contributed by atoms with Crippen LogP contribution in [0.5, 0.6) is 0 Å². The van der Waals surface area contributed by atoms with E-state index in [9.17, 15) is 0 Å². The quantitative estimate of drug-likeness (QED) is 0.379. The van der Waals surface area contributed by atoms with Crippen molar-refractivity contribution < 1.29 is 0 Å². The van der Waals surface area contributed by atoms with Crippen molar-refractivity contribution in [2.24, 2.45) is 29.1 Å². The normalized spacial score (nSPS) is 25.0. The molecule has 21 heavy (non-hydrogen) atoms. The van der Waals surface area contributed by atoms with Crippen molar-refractivity contribution in [2.75, 3.05) is 0 Å². The molecule has 0 spiro atoms. The van der Waals surface area contributed by atoms with Crippen LogP contribution in [-0.4, -0.2) is 0 Å². The van der Waals surface area contributed by atoms with Crippen LogP contribution < -0.4 is 0 Å². The lowest BCUT2D eigenvalue weighted by atomic mass is 9.68. The van der Waals surface area contributed by atoms with Crippen molar-refractivity contribution in [3.05, 3.63) is 24.3 Å². The van der Waals surface area contributed by atoms with Gasteiger partial charge >= 0.3 is 0 Å². The SMILES string of the molecule is C=C(CCCC(C)C(C)C(C)(CC)CC)C1CC1C=CC. The highest BCUT2D eigenvalue weighted by molar-refractivity contribution is 5.16. The van der Waals surface area contributed by atoms with E-state index in [2.05, 4.69) is 60.3 Å². The summed E-state index contributed by atoms with van der Waals surface area (Å²) in [6.07, 6.45) is 12.4. The van der Waals surface area contributed by atoms with Gasteiger partial charge in [-0.05, 0) is 55.3 Å². The Hall–Kier alpha value is -0.520. The molecule has 1 saturated carbocycles. The molecule has 4 atom stereocenters. The Kier molecular flexibility index (Phi) is 7.24. The van der Waals surface area contributed by atoms with E-state index in [0.29, 0.717) is 5.41 Å². The van der Waals surface area contributed by atoms with Crippen LogP contribution in [0.2, 0.25) is 0 Å². The molecule has 0 amide bonds. The molecule has 0 heteroatoms. The molecule has 1 aliphatic rings. The highest BCUT2D eigenvalue weighted by atomic mass is 14.4. The second-order valence-electron chi connectivity index (χ2n) is 7.71. The third-order valence-corrected chi connectivity index (χ3v) is 6.53. The summed E-state index contributed by atoms with van der Waals surface area (Å²) in [5.74, 6) is 3.25. The molecular weight excluding hydrogens is 252 g/mol. The number of rotatable bonds is 10. The predicted octanol–water partition coefficient (Wildman–Crippen LogP) is 7.02. The zero-order chi connectivity index (χ0) is 16.0. The van der Waals surface area contributed by atoms with Gasteiger partial charge < -0.3 is 0 Å². The van der Waals surface area contributed by atoms with E-state index in [-0.39, 0.29) is 0 Å². The second-order valence-corrected chi connectivity index (χ2v) is 7.71. The first kappa shape index (κ1) is 18.5. The third kappa shape index (κ3) is 5.01. The molecule has 0 aromatic heterocycles. The first-order valence-corrected chi connectivity index (χ1v) is 9.20. The predicted molar refractivity (Wildman–Crippen MR) is 96.4 cm³/mol. The minimum atomic E-state index is 0.518. The zero-order valence-electron chi connectivity index (χ0n) is 15.4. The van der Waals surface area contributed by atoms with E-state index >= 15 is 0 Å². The molecule has 0 heterocycles. The highest BCUT2D eigenvalue weighted by Crippen LogP contribution is 2.46. The van der Waals surface area contributed by atoms with E-state index in [1.807, 2.05) is 0 Å². The van der Waals surface area contributed by atoms with Gasteiger partial charge in [-0.3, -0.25) is 0 Å². The summed E-state index contributed by atoms with van der Waals surface area (Å²) in [5.41, 5.74) is 2.02. The van der Waals surface area contributed by atoms with Crippen molar-refractivity contribution >= 4 is 0 Å². The first-order chi connectivity index (χ1) is 9.89. The number of hydrogen-bond acceptors (Lipinski definition) is 0.